The van der Waals surface area contributed by atoms with Crippen LogP contribution in [0.3, 0.4) is 0 Å². The van der Waals surface area contributed by atoms with Crippen molar-refractivity contribution in [2.45, 2.75) is 32.5 Å². The van der Waals surface area contributed by atoms with Gasteiger partial charge in [-0.1, -0.05) is 23.7 Å². The van der Waals surface area contributed by atoms with Gasteiger partial charge in [0.15, 0.2) is 0 Å². The Morgan fingerprint density at radius 3 is 2.61 bits per heavy atom. The Balaban J connectivity index is 1.57. The van der Waals surface area contributed by atoms with Gasteiger partial charge in [-0.05, 0) is 37.5 Å². The molecule has 1 aliphatic heterocycles. The maximum atomic E-state index is 13.0. The van der Waals surface area contributed by atoms with Gasteiger partial charge in [0, 0.05) is 36.6 Å². The molecule has 2 aromatic rings. The van der Waals surface area contributed by atoms with Crippen LogP contribution in [-0.4, -0.2) is 29.0 Å². The molecule has 28 heavy (non-hydrogen) atoms. The first-order valence-corrected chi connectivity index (χ1v) is 9.30. The number of alkyl halides is 3. The third kappa shape index (κ3) is 5.13. The molecule has 150 valence electrons. The van der Waals surface area contributed by atoms with E-state index in [4.69, 9.17) is 11.6 Å². The fraction of sp³-hybridized carbons (Fsp3) is 0.421. The molecule has 0 radical (unpaired) electrons. The van der Waals surface area contributed by atoms with Gasteiger partial charge in [-0.3, -0.25) is 4.79 Å². The van der Waals surface area contributed by atoms with Crippen LogP contribution in [0.2, 0.25) is 5.02 Å². The van der Waals surface area contributed by atoms with Crippen LogP contribution in [0, 0.1) is 12.8 Å². The molecule has 1 aromatic heterocycles. The van der Waals surface area contributed by atoms with Gasteiger partial charge in [0.25, 0.3) is 0 Å². The molecule has 3 rings (SSSR count). The van der Waals surface area contributed by atoms with Gasteiger partial charge in [0.2, 0.25) is 5.91 Å². The minimum Gasteiger partial charge on any atom is -0.356 e. The Hall–Kier alpha value is -2.35. The number of carbonyl (C=O) groups is 1. The number of anilines is 1. The number of nitrogens with one attached hydrogen (secondary N) is 1. The van der Waals surface area contributed by atoms with E-state index < -0.39 is 11.9 Å². The van der Waals surface area contributed by atoms with Crippen molar-refractivity contribution in [3.05, 3.63) is 52.4 Å². The van der Waals surface area contributed by atoms with Crippen molar-refractivity contribution in [3.63, 3.8) is 0 Å². The number of benzene rings is 1. The number of aromatic nitrogens is 2. The first kappa shape index (κ1) is 20.4. The zero-order valence-electron chi connectivity index (χ0n) is 15.3. The Morgan fingerprint density at radius 1 is 1.25 bits per heavy atom. The van der Waals surface area contributed by atoms with Gasteiger partial charge in [0.1, 0.15) is 17.3 Å². The number of piperidine rings is 1. The predicted octanol–water partition coefficient (Wildman–Crippen LogP) is 3.99. The van der Waals surface area contributed by atoms with E-state index in [9.17, 15) is 18.0 Å². The maximum absolute atomic E-state index is 13.0. The molecule has 0 bridgehead atoms. The molecule has 1 saturated heterocycles. The largest absolute Gasteiger partial charge is 0.433 e. The number of rotatable bonds is 4. The number of halogens is 4. The summed E-state index contributed by atoms with van der Waals surface area (Å²) in [4.78, 5) is 21.8. The number of carbonyl (C=O) groups excluding carboxylic acids is 1. The molecule has 1 aliphatic rings. The number of hydrogen-bond acceptors (Lipinski definition) is 4. The molecule has 1 fully saturated rings. The second kappa shape index (κ2) is 8.34. The first-order chi connectivity index (χ1) is 13.2. The average Bonchev–Trinajstić information content (AvgIpc) is 2.65. The van der Waals surface area contributed by atoms with Crippen LogP contribution in [0.15, 0.2) is 30.3 Å². The van der Waals surface area contributed by atoms with Gasteiger partial charge in [-0.2, -0.15) is 13.2 Å². The number of aryl methyl sites for hydroxylation is 1. The van der Waals surface area contributed by atoms with Crippen molar-refractivity contribution in [1.82, 2.24) is 15.3 Å². The topological polar surface area (TPSA) is 58.1 Å². The lowest BCUT2D eigenvalue weighted by Crippen LogP contribution is -2.40. The van der Waals surface area contributed by atoms with Crippen LogP contribution in [0.5, 0.6) is 0 Å². The Morgan fingerprint density at radius 2 is 1.96 bits per heavy atom. The minimum atomic E-state index is -4.51. The molecule has 9 heteroatoms. The molecular weight excluding hydrogens is 393 g/mol. The third-order valence-electron chi connectivity index (χ3n) is 4.66. The van der Waals surface area contributed by atoms with Crippen molar-refractivity contribution < 1.29 is 18.0 Å². The van der Waals surface area contributed by atoms with Gasteiger partial charge in [-0.15, -0.1) is 0 Å². The second-order valence-corrected chi connectivity index (χ2v) is 7.20. The SMILES string of the molecule is Cc1nc(N2CCC(C(=O)NCc3cccc(Cl)c3)CC2)cc(C(F)(F)F)n1. The Kier molecular flexibility index (Phi) is 6.07. The van der Waals surface area contributed by atoms with Gasteiger partial charge in [-0.25, -0.2) is 9.97 Å². The normalized spacial score (nSPS) is 15.5. The third-order valence-corrected chi connectivity index (χ3v) is 4.90. The van der Waals surface area contributed by atoms with Crippen molar-refractivity contribution in [2.75, 3.05) is 18.0 Å². The molecule has 5 nitrogen and oxygen atoms in total. The summed E-state index contributed by atoms with van der Waals surface area (Å²) in [5.74, 6) is 0.0822. The first-order valence-electron chi connectivity index (χ1n) is 8.92. The van der Waals surface area contributed by atoms with E-state index in [1.807, 2.05) is 12.1 Å². The average molecular weight is 413 g/mol. The summed E-state index contributed by atoms with van der Waals surface area (Å²) in [5, 5.41) is 3.51. The number of hydrogen-bond donors (Lipinski definition) is 1. The highest BCUT2D eigenvalue weighted by Crippen LogP contribution is 2.31. The summed E-state index contributed by atoms with van der Waals surface area (Å²) in [5.41, 5.74) is -0.0363. The van der Waals surface area contributed by atoms with E-state index in [-0.39, 0.29) is 23.5 Å². The van der Waals surface area contributed by atoms with Crippen LogP contribution in [0.1, 0.15) is 29.9 Å². The highest BCUT2D eigenvalue weighted by molar-refractivity contribution is 6.30. The van der Waals surface area contributed by atoms with E-state index >= 15 is 0 Å². The van der Waals surface area contributed by atoms with Crippen LogP contribution in [0.25, 0.3) is 0 Å². The van der Waals surface area contributed by atoms with Crippen molar-refractivity contribution in [1.29, 1.82) is 0 Å². The lowest BCUT2D eigenvalue weighted by Gasteiger charge is -2.32. The second-order valence-electron chi connectivity index (χ2n) is 6.77. The van der Waals surface area contributed by atoms with Gasteiger partial charge >= 0.3 is 6.18 Å². The van der Waals surface area contributed by atoms with E-state index in [1.165, 1.54) is 6.92 Å². The molecule has 1 N–H and O–H groups in total. The molecule has 0 aliphatic carbocycles. The zero-order valence-corrected chi connectivity index (χ0v) is 16.0. The maximum Gasteiger partial charge on any atom is 0.433 e. The molecule has 0 saturated carbocycles. The lowest BCUT2D eigenvalue weighted by atomic mass is 9.95. The Labute approximate surface area is 165 Å². The van der Waals surface area contributed by atoms with E-state index in [0.717, 1.165) is 11.6 Å². The summed E-state index contributed by atoms with van der Waals surface area (Å²) in [7, 11) is 0. The Bertz CT molecular complexity index is 851. The van der Waals surface area contributed by atoms with Gasteiger partial charge in [0.05, 0.1) is 0 Å². The van der Waals surface area contributed by atoms with E-state index in [2.05, 4.69) is 15.3 Å². The monoisotopic (exact) mass is 412 g/mol. The zero-order chi connectivity index (χ0) is 20.3. The van der Waals surface area contributed by atoms with Crippen molar-refractivity contribution >= 4 is 23.3 Å². The van der Waals surface area contributed by atoms with Crippen molar-refractivity contribution in [2.24, 2.45) is 5.92 Å². The van der Waals surface area contributed by atoms with E-state index in [0.29, 0.717) is 37.5 Å². The summed E-state index contributed by atoms with van der Waals surface area (Å²) >= 11 is 5.93. The predicted molar refractivity (Wildman–Crippen MR) is 100 cm³/mol. The quantitative estimate of drug-likeness (QED) is 0.825. The van der Waals surface area contributed by atoms with Crippen LogP contribution >= 0.6 is 11.6 Å². The molecule has 0 unspecified atom stereocenters. The highest BCUT2D eigenvalue weighted by Gasteiger charge is 2.34. The smallest absolute Gasteiger partial charge is 0.356 e. The fourth-order valence-electron chi connectivity index (χ4n) is 3.21. The summed E-state index contributed by atoms with van der Waals surface area (Å²) < 4.78 is 38.9. The highest BCUT2D eigenvalue weighted by atomic mass is 35.5. The molecule has 2 heterocycles. The molecule has 0 atom stereocenters. The molecule has 1 aromatic carbocycles. The fourth-order valence-corrected chi connectivity index (χ4v) is 3.42. The molecule has 0 spiro atoms. The van der Waals surface area contributed by atoms with E-state index in [1.54, 1.807) is 17.0 Å². The minimum absolute atomic E-state index is 0.0607. The standard InChI is InChI=1S/C19H20ClF3N4O/c1-12-25-16(19(21,22)23)10-17(26-12)27-7-5-14(6-8-27)18(28)24-11-13-3-2-4-15(20)9-13/h2-4,9-10,14H,5-8,11H2,1H3,(H,24,28). The molecule has 1 amide bonds. The van der Waals surface area contributed by atoms with Gasteiger partial charge < -0.3 is 10.2 Å². The van der Waals surface area contributed by atoms with Crippen LogP contribution in [0.4, 0.5) is 19.0 Å². The summed E-state index contributed by atoms with van der Waals surface area (Å²) in [6.07, 6.45) is -3.42. The van der Waals surface area contributed by atoms with Crippen LogP contribution in [-0.2, 0) is 17.5 Å². The molecular formula is C19H20ClF3N4O. The lowest BCUT2D eigenvalue weighted by molar-refractivity contribution is -0.141. The van der Waals surface area contributed by atoms with Crippen LogP contribution < -0.4 is 10.2 Å². The van der Waals surface area contributed by atoms with Crippen molar-refractivity contribution in [3.8, 4) is 0 Å². The summed E-state index contributed by atoms with van der Waals surface area (Å²) in [6.45, 7) is 2.75. The number of amides is 1. The summed E-state index contributed by atoms with van der Waals surface area (Å²) in [6, 6.07) is 8.22. The number of nitrogens with zero attached hydrogens (tertiary/aromatic N) is 3.